The van der Waals surface area contributed by atoms with E-state index in [1.54, 1.807) is 11.8 Å². The Morgan fingerprint density at radius 1 is 1.24 bits per heavy atom. The Morgan fingerprint density at radius 3 is 2.48 bits per heavy atom. The third-order valence-corrected chi connectivity index (χ3v) is 4.95. The van der Waals surface area contributed by atoms with Gasteiger partial charge >= 0.3 is 0 Å². The number of sulfonamides is 1. The standard InChI is InChI=1S/C12H18N2O5S2/c15-7-1-8-20-9-6-13-21(18,19)10-11-2-4-12(5-3-11)14(16)17/h2-5,13,15H,1,6-10H2. The quantitative estimate of drug-likeness (QED) is 0.377. The minimum atomic E-state index is -3.44. The second-order valence-electron chi connectivity index (χ2n) is 4.27. The number of rotatable bonds is 10. The summed E-state index contributed by atoms with van der Waals surface area (Å²) < 4.78 is 26.1. The Hall–Kier alpha value is -1.16. The number of aliphatic hydroxyl groups excluding tert-OH is 1. The molecule has 0 aliphatic heterocycles. The molecule has 0 aliphatic rings. The molecule has 0 spiro atoms. The van der Waals surface area contributed by atoms with Crippen LogP contribution in [0.15, 0.2) is 24.3 Å². The predicted molar refractivity (Wildman–Crippen MR) is 82.8 cm³/mol. The molecule has 0 unspecified atom stereocenters. The van der Waals surface area contributed by atoms with E-state index in [1.165, 1.54) is 24.3 Å². The molecule has 0 bridgehead atoms. The lowest BCUT2D eigenvalue weighted by Crippen LogP contribution is -2.27. The average Bonchev–Trinajstić information content (AvgIpc) is 2.43. The van der Waals surface area contributed by atoms with Crippen molar-refractivity contribution in [3.05, 3.63) is 39.9 Å². The van der Waals surface area contributed by atoms with E-state index in [0.29, 0.717) is 24.3 Å². The van der Waals surface area contributed by atoms with Crippen molar-refractivity contribution in [3.63, 3.8) is 0 Å². The van der Waals surface area contributed by atoms with Crippen LogP contribution in [0.3, 0.4) is 0 Å². The number of nitrogens with zero attached hydrogens (tertiary/aromatic N) is 1. The van der Waals surface area contributed by atoms with E-state index >= 15 is 0 Å². The van der Waals surface area contributed by atoms with Crippen LogP contribution >= 0.6 is 11.8 Å². The molecule has 9 heteroatoms. The maximum absolute atomic E-state index is 11.8. The maximum Gasteiger partial charge on any atom is 0.269 e. The SMILES string of the molecule is O=[N+]([O-])c1ccc(CS(=O)(=O)NCCSCCCO)cc1. The Balaban J connectivity index is 2.39. The van der Waals surface area contributed by atoms with Gasteiger partial charge in [-0.1, -0.05) is 12.1 Å². The molecule has 0 saturated heterocycles. The van der Waals surface area contributed by atoms with Crippen molar-refractivity contribution in [2.75, 3.05) is 24.7 Å². The van der Waals surface area contributed by atoms with E-state index < -0.39 is 14.9 Å². The first kappa shape index (κ1) is 17.9. The lowest BCUT2D eigenvalue weighted by molar-refractivity contribution is -0.384. The van der Waals surface area contributed by atoms with E-state index in [0.717, 1.165) is 5.75 Å². The summed E-state index contributed by atoms with van der Waals surface area (Å²) >= 11 is 1.57. The summed E-state index contributed by atoms with van der Waals surface area (Å²) in [4.78, 5) is 9.98. The highest BCUT2D eigenvalue weighted by Gasteiger charge is 2.12. The van der Waals surface area contributed by atoms with Crippen LogP contribution in [0, 0.1) is 10.1 Å². The minimum Gasteiger partial charge on any atom is -0.396 e. The second kappa shape index (κ2) is 8.98. The molecule has 0 fully saturated rings. The van der Waals surface area contributed by atoms with E-state index in [4.69, 9.17) is 5.11 Å². The van der Waals surface area contributed by atoms with Gasteiger partial charge in [0.2, 0.25) is 10.0 Å². The van der Waals surface area contributed by atoms with E-state index in [2.05, 4.69) is 4.72 Å². The molecule has 0 radical (unpaired) electrons. The number of nitrogens with one attached hydrogen (secondary N) is 1. The van der Waals surface area contributed by atoms with Gasteiger partial charge in [0.25, 0.3) is 5.69 Å². The van der Waals surface area contributed by atoms with Gasteiger partial charge in [0.1, 0.15) is 0 Å². The smallest absolute Gasteiger partial charge is 0.269 e. The zero-order valence-electron chi connectivity index (χ0n) is 11.4. The largest absolute Gasteiger partial charge is 0.396 e. The highest BCUT2D eigenvalue weighted by molar-refractivity contribution is 7.99. The topological polar surface area (TPSA) is 110 Å². The molecule has 1 aromatic rings. The van der Waals surface area contributed by atoms with Crippen molar-refractivity contribution in [2.24, 2.45) is 0 Å². The molecule has 0 aliphatic carbocycles. The number of non-ortho nitro benzene ring substituents is 1. The van der Waals surface area contributed by atoms with Gasteiger partial charge < -0.3 is 5.11 Å². The molecule has 118 valence electrons. The van der Waals surface area contributed by atoms with Gasteiger partial charge in [-0.15, -0.1) is 0 Å². The number of hydrogen-bond donors (Lipinski definition) is 2. The lowest BCUT2D eigenvalue weighted by atomic mass is 10.2. The fourth-order valence-electron chi connectivity index (χ4n) is 1.52. The van der Waals surface area contributed by atoms with Crippen molar-refractivity contribution < 1.29 is 18.4 Å². The van der Waals surface area contributed by atoms with Gasteiger partial charge in [0.15, 0.2) is 0 Å². The summed E-state index contributed by atoms with van der Waals surface area (Å²) in [6.07, 6.45) is 0.695. The Kier molecular flexibility index (Phi) is 7.65. The summed E-state index contributed by atoms with van der Waals surface area (Å²) in [7, 11) is -3.44. The lowest BCUT2D eigenvalue weighted by Gasteiger charge is -2.06. The minimum absolute atomic E-state index is 0.0654. The number of nitro groups is 1. The summed E-state index contributed by atoms with van der Waals surface area (Å²) in [5.74, 6) is 1.23. The molecule has 1 rings (SSSR count). The molecule has 0 saturated carbocycles. The number of hydrogen-bond acceptors (Lipinski definition) is 6. The number of thioether (sulfide) groups is 1. The first-order valence-corrected chi connectivity index (χ1v) is 9.14. The molecule has 0 heterocycles. The Bertz CT molecular complexity index is 545. The van der Waals surface area contributed by atoms with Crippen LogP contribution in [0.1, 0.15) is 12.0 Å². The van der Waals surface area contributed by atoms with Crippen molar-refractivity contribution in [2.45, 2.75) is 12.2 Å². The third kappa shape index (κ3) is 7.42. The number of aliphatic hydroxyl groups is 1. The molecule has 0 atom stereocenters. The highest BCUT2D eigenvalue weighted by atomic mass is 32.2. The zero-order valence-corrected chi connectivity index (χ0v) is 13.0. The van der Waals surface area contributed by atoms with Crippen LogP contribution < -0.4 is 4.72 Å². The summed E-state index contributed by atoms with van der Waals surface area (Å²) in [6.45, 7) is 0.463. The fourth-order valence-corrected chi connectivity index (χ4v) is 3.58. The zero-order chi connectivity index (χ0) is 15.7. The van der Waals surface area contributed by atoms with E-state index in [1.807, 2.05) is 0 Å². The molecular weight excluding hydrogens is 316 g/mol. The van der Waals surface area contributed by atoms with Gasteiger partial charge in [0.05, 0.1) is 10.7 Å². The summed E-state index contributed by atoms with van der Waals surface area (Å²) in [5.41, 5.74) is 0.436. The summed E-state index contributed by atoms with van der Waals surface area (Å²) in [5, 5.41) is 19.1. The van der Waals surface area contributed by atoms with Gasteiger partial charge in [-0.3, -0.25) is 10.1 Å². The number of nitro benzene ring substituents is 1. The van der Waals surface area contributed by atoms with Gasteiger partial charge in [-0.05, 0) is 17.7 Å². The van der Waals surface area contributed by atoms with Gasteiger partial charge in [-0.25, -0.2) is 13.1 Å². The maximum atomic E-state index is 11.8. The predicted octanol–water partition coefficient (Wildman–Crippen LogP) is 1.13. The molecule has 0 amide bonds. The molecule has 2 N–H and O–H groups in total. The molecule has 7 nitrogen and oxygen atoms in total. The first-order valence-electron chi connectivity index (χ1n) is 6.34. The van der Waals surface area contributed by atoms with Gasteiger partial charge in [0, 0.05) is 31.0 Å². The molecule has 1 aromatic carbocycles. The van der Waals surface area contributed by atoms with Crippen LogP contribution in [-0.2, 0) is 15.8 Å². The van der Waals surface area contributed by atoms with Gasteiger partial charge in [-0.2, -0.15) is 11.8 Å². The normalized spacial score (nSPS) is 11.5. The fraction of sp³-hybridized carbons (Fsp3) is 0.500. The average molecular weight is 334 g/mol. The van der Waals surface area contributed by atoms with Crippen molar-refractivity contribution in [3.8, 4) is 0 Å². The molecule has 21 heavy (non-hydrogen) atoms. The van der Waals surface area contributed by atoms with Crippen molar-refractivity contribution in [1.29, 1.82) is 0 Å². The van der Waals surface area contributed by atoms with Crippen LogP contribution in [-0.4, -0.2) is 43.1 Å². The number of benzene rings is 1. The Morgan fingerprint density at radius 2 is 1.90 bits per heavy atom. The molecular formula is C12H18N2O5S2. The highest BCUT2D eigenvalue weighted by Crippen LogP contribution is 2.13. The summed E-state index contributed by atoms with van der Waals surface area (Å²) in [6, 6.07) is 5.45. The van der Waals surface area contributed by atoms with Crippen molar-refractivity contribution >= 4 is 27.5 Å². The monoisotopic (exact) mass is 334 g/mol. The van der Waals surface area contributed by atoms with E-state index in [9.17, 15) is 18.5 Å². The van der Waals surface area contributed by atoms with E-state index in [-0.39, 0.29) is 18.0 Å². The second-order valence-corrected chi connectivity index (χ2v) is 7.30. The van der Waals surface area contributed by atoms with Crippen LogP contribution in [0.4, 0.5) is 5.69 Å². The third-order valence-electron chi connectivity index (χ3n) is 2.52. The van der Waals surface area contributed by atoms with Crippen LogP contribution in [0.5, 0.6) is 0 Å². The first-order chi connectivity index (χ1) is 9.94. The van der Waals surface area contributed by atoms with Crippen LogP contribution in [0.25, 0.3) is 0 Å². The molecule has 0 aromatic heterocycles. The van der Waals surface area contributed by atoms with Crippen LogP contribution in [0.2, 0.25) is 0 Å². The van der Waals surface area contributed by atoms with Crippen molar-refractivity contribution in [1.82, 2.24) is 4.72 Å². The Labute approximate surface area is 128 Å².